The van der Waals surface area contributed by atoms with Gasteiger partial charge >= 0.3 is 0 Å². The van der Waals surface area contributed by atoms with Crippen molar-refractivity contribution >= 4 is 12.0 Å². The molecule has 0 spiro atoms. The molecule has 0 aliphatic carbocycles. The number of carbonyl (C=O) groups excluding carboxylic acids is 1. The van der Waals surface area contributed by atoms with Gasteiger partial charge in [-0.2, -0.15) is 10.4 Å². The maximum atomic E-state index is 12.9. The van der Waals surface area contributed by atoms with Gasteiger partial charge in [0.05, 0.1) is 25.5 Å². The lowest BCUT2D eigenvalue weighted by atomic mass is 10.1. The van der Waals surface area contributed by atoms with E-state index in [0.29, 0.717) is 44.2 Å². The highest BCUT2D eigenvalue weighted by Crippen LogP contribution is 2.29. The van der Waals surface area contributed by atoms with Gasteiger partial charge in [0.2, 0.25) is 0 Å². The summed E-state index contributed by atoms with van der Waals surface area (Å²) < 4.78 is 12.7. The van der Waals surface area contributed by atoms with Crippen LogP contribution in [0.5, 0.6) is 5.75 Å². The third-order valence-corrected chi connectivity index (χ3v) is 5.13. The van der Waals surface area contributed by atoms with Crippen molar-refractivity contribution in [3.8, 4) is 28.8 Å². The monoisotopic (exact) mass is 428 g/mol. The minimum absolute atomic E-state index is 0.0710. The highest BCUT2D eigenvalue weighted by Gasteiger charge is 2.22. The van der Waals surface area contributed by atoms with Gasteiger partial charge in [-0.3, -0.25) is 4.79 Å². The van der Waals surface area contributed by atoms with Crippen molar-refractivity contribution < 1.29 is 14.3 Å². The molecule has 2 aromatic carbocycles. The van der Waals surface area contributed by atoms with E-state index in [4.69, 9.17) is 14.6 Å². The predicted molar refractivity (Wildman–Crippen MR) is 121 cm³/mol. The van der Waals surface area contributed by atoms with Gasteiger partial charge in [0.15, 0.2) is 0 Å². The Hall–Kier alpha value is -3.89. The van der Waals surface area contributed by atoms with E-state index in [0.717, 1.165) is 17.0 Å². The number of carbonyl (C=O) groups is 1. The molecule has 1 aromatic heterocycles. The molecule has 1 aliphatic rings. The third-order valence-electron chi connectivity index (χ3n) is 5.13. The number of hydrogen-bond acceptors (Lipinski definition) is 5. The molecule has 3 aromatic rings. The first-order valence-electron chi connectivity index (χ1n) is 10.6. The molecule has 32 heavy (non-hydrogen) atoms. The quantitative estimate of drug-likeness (QED) is 0.442. The molecule has 0 radical (unpaired) electrons. The average molecular weight is 428 g/mol. The lowest BCUT2D eigenvalue weighted by molar-refractivity contribution is -0.130. The van der Waals surface area contributed by atoms with E-state index in [1.807, 2.05) is 67.7 Å². The van der Waals surface area contributed by atoms with Gasteiger partial charge in [0.1, 0.15) is 23.1 Å². The number of para-hydroxylation sites is 1. The van der Waals surface area contributed by atoms with Crippen LogP contribution in [0.15, 0.2) is 66.4 Å². The number of amides is 1. The Kier molecular flexibility index (Phi) is 6.63. The van der Waals surface area contributed by atoms with E-state index >= 15 is 0 Å². The van der Waals surface area contributed by atoms with Crippen LogP contribution < -0.4 is 4.74 Å². The first-order chi connectivity index (χ1) is 15.7. The van der Waals surface area contributed by atoms with E-state index in [1.54, 1.807) is 15.7 Å². The minimum atomic E-state index is -0.294. The second-order valence-electron chi connectivity index (χ2n) is 7.25. The molecule has 1 saturated heterocycles. The Morgan fingerprint density at radius 3 is 2.69 bits per heavy atom. The molecule has 7 heteroatoms. The molecule has 1 amide bonds. The summed E-state index contributed by atoms with van der Waals surface area (Å²) in [5.41, 5.74) is 3.14. The van der Waals surface area contributed by atoms with Crippen LogP contribution in [0.4, 0.5) is 0 Å². The zero-order valence-electron chi connectivity index (χ0n) is 17.9. The fourth-order valence-electron chi connectivity index (χ4n) is 3.56. The van der Waals surface area contributed by atoms with E-state index in [2.05, 4.69) is 6.07 Å². The van der Waals surface area contributed by atoms with Gasteiger partial charge < -0.3 is 14.4 Å². The summed E-state index contributed by atoms with van der Waals surface area (Å²) in [7, 11) is 0. The van der Waals surface area contributed by atoms with Crippen LogP contribution in [0.3, 0.4) is 0 Å². The van der Waals surface area contributed by atoms with Gasteiger partial charge in [-0.05, 0) is 37.3 Å². The topological polar surface area (TPSA) is 80.4 Å². The lowest BCUT2D eigenvalue weighted by Crippen LogP contribution is -2.41. The van der Waals surface area contributed by atoms with Crippen molar-refractivity contribution in [2.45, 2.75) is 6.92 Å². The molecule has 4 rings (SSSR count). The van der Waals surface area contributed by atoms with Crippen molar-refractivity contribution in [2.24, 2.45) is 0 Å². The van der Waals surface area contributed by atoms with Crippen molar-refractivity contribution in [1.29, 1.82) is 5.26 Å². The van der Waals surface area contributed by atoms with Crippen molar-refractivity contribution in [2.75, 3.05) is 32.9 Å². The van der Waals surface area contributed by atoms with Crippen molar-refractivity contribution in [1.82, 2.24) is 14.7 Å². The number of aromatic nitrogens is 2. The summed E-state index contributed by atoms with van der Waals surface area (Å²) >= 11 is 0. The number of nitrogens with zero attached hydrogens (tertiary/aromatic N) is 4. The summed E-state index contributed by atoms with van der Waals surface area (Å²) in [5, 5.41) is 14.5. The Bertz CT molecular complexity index is 1160. The molecular formula is C25H24N4O3. The SMILES string of the molecule is CCOc1cccc(-c2nn(-c3ccccc3)cc2C=C(C#N)C(=O)N2CCOCC2)c1. The molecule has 1 aliphatic heterocycles. The van der Waals surface area contributed by atoms with E-state index in [9.17, 15) is 10.1 Å². The molecule has 2 heterocycles. The summed E-state index contributed by atoms with van der Waals surface area (Å²) in [4.78, 5) is 14.6. The summed E-state index contributed by atoms with van der Waals surface area (Å²) in [6.07, 6.45) is 3.45. The first kappa shape index (κ1) is 21.3. The van der Waals surface area contributed by atoms with Crippen LogP contribution in [0, 0.1) is 11.3 Å². The van der Waals surface area contributed by atoms with Crippen molar-refractivity contribution in [3.05, 3.63) is 71.9 Å². The van der Waals surface area contributed by atoms with Crippen LogP contribution in [-0.4, -0.2) is 53.5 Å². The van der Waals surface area contributed by atoms with E-state index in [1.165, 1.54) is 0 Å². The molecule has 0 unspecified atom stereocenters. The highest BCUT2D eigenvalue weighted by molar-refractivity contribution is 6.02. The average Bonchev–Trinajstić information content (AvgIpc) is 3.27. The zero-order chi connectivity index (χ0) is 22.3. The number of rotatable bonds is 6. The Labute approximate surface area is 187 Å². The minimum Gasteiger partial charge on any atom is -0.494 e. The van der Waals surface area contributed by atoms with E-state index < -0.39 is 0 Å². The second-order valence-corrected chi connectivity index (χ2v) is 7.25. The molecule has 0 bridgehead atoms. The number of ether oxygens (including phenoxy) is 2. The predicted octanol–water partition coefficient (Wildman–Crippen LogP) is 3.70. The summed E-state index contributed by atoms with van der Waals surface area (Å²) in [6, 6.07) is 19.4. The van der Waals surface area contributed by atoms with Gasteiger partial charge in [-0.25, -0.2) is 4.68 Å². The third kappa shape index (κ3) is 4.71. The van der Waals surface area contributed by atoms with Crippen LogP contribution in [0.1, 0.15) is 12.5 Å². The normalized spacial score (nSPS) is 14.1. The number of morpholine rings is 1. The highest BCUT2D eigenvalue weighted by atomic mass is 16.5. The number of nitriles is 1. The molecule has 0 atom stereocenters. The molecule has 1 fully saturated rings. The molecule has 0 N–H and O–H groups in total. The molecular weight excluding hydrogens is 404 g/mol. The Balaban J connectivity index is 1.78. The Morgan fingerprint density at radius 2 is 1.97 bits per heavy atom. The van der Waals surface area contributed by atoms with Gasteiger partial charge in [-0.1, -0.05) is 30.3 Å². The van der Waals surface area contributed by atoms with E-state index in [-0.39, 0.29) is 11.5 Å². The van der Waals surface area contributed by atoms with Gasteiger partial charge in [-0.15, -0.1) is 0 Å². The van der Waals surface area contributed by atoms with Crippen LogP contribution in [-0.2, 0) is 9.53 Å². The summed E-state index contributed by atoms with van der Waals surface area (Å²) in [5.74, 6) is 0.441. The van der Waals surface area contributed by atoms with Crippen LogP contribution >= 0.6 is 0 Å². The zero-order valence-corrected chi connectivity index (χ0v) is 17.9. The van der Waals surface area contributed by atoms with Crippen LogP contribution in [0.2, 0.25) is 0 Å². The van der Waals surface area contributed by atoms with Gasteiger partial charge in [0.25, 0.3) is 5.91 Å². The standard InChI is InChI=1S/C25H24N4O3/c1-2-32-23-10-6-7-19(16-23)24-21(18-29(27-24)22-8-4-3-5-9-22)15-20(17-26)25(30)28-11-13-31-14-12-28/h3-10,15-16,18H,2,11-14H2,1H3. The second kappa shape index (κ2) is 9.94. The maximum Gasteiger partial charge on any atom is 0.264 e. The largest absolute Gasteiger partial charge is 0.494 e. The molecule has 7 nitrogen and oxygen atoms in total. The number of benzene rings is 2. The smallest absolute Gasteiger partial charge is 0.264 e. The van der Waals surface area contributed by atoms with Gasteiger partial charge in [0, 0.05) is 30.4 Å². The fraction of sp³-hybridized carbons (Fsp3) is 0.240. The Morgan fingerprint density at radius 1 is 1.19 bits per heavy atom. The first-order valence-corrected chi connectivity index (χ1v) is 10.6. The number of hydrogen-bond donors (Lipinski definition) is 0. The molecule has 162 valence electrons. The maximum absolute atomic E-state index is 12.9. The van der Waals surface area contributed by atoms with Crippen LogP contribution in [0.25, 0.3) is 23.0 Å². The lowest BCUT2D eigenvalue weighted by Gasteiger charge is -2.26. The summed E-state index contributed by atoms with van der Waals surface area (Å²) in [6.45, 7) is 4.40. The molecule has 0 saturated carbocycles. The van der Waals surface area contributed by atoms with Crippen molar-refractivity contribution in [3.63, 3.8) is 0 Å². The fourth-order valence-corrected chi connectivity index (χ4v) is 3.56.